The molecule has 0 unspecified atom stereocenters. The van der Waals surface area contributed by atoms with E-state index in [1.54, 1.807) is 0 Å². The highest BCUT2D eigenvalue weighted by atomic mass is 15.0. The monoisotopic (exact) mass is 81.1 g/mol. The van der Waals surface area contributed by atoms with Gasteiger partial charge in [-0.05, 0) is 0 Å². The largest absolute Gasteiger partial charge is 0.342 e. The highest BCUT2D eigenvalue weighted by Gasteiger charge is 1.94. The van der Waals surface area contributed by atoms with Crippen molar-refractivity contribution < 1.29 is 0 Å². The lowest BCUT2D eigenvalue weighted by molar-refractivity contribution is 0.588. The minimum atomic E-state index is 1.14. The summed E-state index contributed by atoms with van der Waals surface area (Å²) in [4.78, 5) is 2.25. The highest BCUT2D eigenvalue weighted by Crippen LogP contribution is 1.90. The van der Waals surface area contributed by atoms with Crippen LogP contribution in [0.4, 0.5) is 0 Å². The van der Waals surface area contributed by atoms with Crippen molar-refractivity contribution in [1.29, 1.82) is 0 Å². The van der Waals surface area contributed by atoms with Crippen LogP contribution in [-0.4, -0.2) is 25.9 Å². The van der Waals surface area contributed by atoms with E-state index in [2.05, 4.69) is 24.9 Å². The van der Waals surface area contributed by atoms with Gasteiger partial charge in [0, 0.05) is 13.1 Å². The van der Waals surface area contributed by atoms with Gasteiger partial charge >= 0.3 is 0 Å². The van der Waals surface area contributed by atoms with Crippen molar-refractivity contribution in [1.82, 2.24) is 4.81 Å². The predicted molar refractivity (Wildman–Crippen MR) is 29.3 cm³/mol. The van der Waals surface area contributed by atoms with E-state index in [9.17, 15) is 0 Å². The average Bonchev–Trinajstić information content (AvgIpc) is 1.86. The van der Waals surface area contributed by atoms with Gasteiger partial charge in [-0.2, -0.15) is 0 Å². The molecule has 2 heteroatoms. The topological polar surface area (TPSA) is 3.24 Å². The lowest BCUT2D eigenvalue weighted by Gasteiger charge is -2.01. The minimum absolute atomic E-state index is 1.14. The fourth-order valence-electron chi connectivity index (χ4n) is 0.583. The van der Waals surface area contributed by atoms with Crippen LogP contribution in [0.25, 0.3) is 0 Å². The zero-order valence-electron chi connectivity index (χ0n) is 4.02. The van der Waals surface area contributed by atoms with Crippen molar-refractivity contribution in [3.05, 3.63) is 12.2 Å². The van der Waals surface area contributed by atoms with Gasteiger partial charge in [0.2, 0.25) is 0 Å². The average molecular weight is 80.9 g/mol. The first-order chi connectivity index (χ1) is 2.89. The van der Waals surface area contributed by atoms with Crippen LogP contribution in [0, 0.1) is 0 Å². The summed E-state index contributed by atoms with van der Waals surface area (Å²) in [5, 5.41) is 0. The van der Waals surface area contributed by atoms with Gasteiger partial charge < -0.3 is 4.81 Å². The smallest absolute Gasteiger partial charge is 0.186 e. The Morgan fingerprint density at radius 2 is 1.83 bits per heavy atom. The highest BCUT2D eigenvalue weighted by molar-refractivity contribution is 6.04. The second kappa shape index (κ2) is 1.48. The summed E-state index contributed by atoms with van der Waals surface area (Å²) < 4.78 is 0. The Hall–Kier alpha value is -0.235. The van der Waals surface area contributed by atoms with Crippen molar-refractivity contribution in [3.8, 4) is 0 Å². The summed E-state index contributed by atoms with van der Waals surface area (Å²) in [5.41, 5.74) is 0. The van der Waals surface area contributed by atoms with Gasteiger partial charge in [-0.3, -0.25) is 0 Å². The molecule has 0 radical (unpaired) electrons. The molecule has 1 aliphatic rings. The molecule has 1 heterocycles. The molecule has 0 aromatic carbocycles. The van der Waals surface area contributed by atoms with Gasteiger partial charge in [-0.25, -0.2) is 0 Å². The molecule has 0 saturated carbocycles. The Morgan fingerprint density at radius 3 is 2.00 bits per heavy atom. The fraction of sp³-hybridized carbons (Fsp3) is 0.500. The summed E-state index contributed by atoms with van der Waals surface area (Å²) in [6.07, 6.45) is 4.36. The molecule has 0 fully saturated rings. The van der Waals surface area contributed by atoms with Crippen LogP contribution < -0.4 is 0 Å². The zero-order chi connectivity index (χ0) is 4.41. The molecule has 0 aromatic rings. The summed E-state index contributed by atoms with van der Waals surface area (Å²) in [6, 6.07) is 0. The van der Waals surface area contributed by atoms with Gasteiger partial charge in [0.1, 0.15) is 0 Å². The van der Waals surface area contributed by atoms with Gasteiger partial charge in [0.05, 0.1) is 0 Å². The van der Waals surface area contributed by atoms with Crippen LogP contribution in [0.5, 0.6) is 0 Å². The molecule has 32 valence electrons. The summed E-state index contributed by atoms with van der Waals surface area (Å²) in [5.74, 6) is 0. The van der Waals surface area contributed by atoms with Crippen LogP contribution >= 0.6 is 0 Å². The SMILES string of the molecule is BN1CC=CC1. The molecular formula is C4H8BN. The zero-order valence-corrected chi connectivity index (χ0v) is 4.02. The molecule has 0 spiro atoms. The van der Waals surface area contributed by atoms with Crippen molar-refractivity contribution in [2.24, 2.45) is 0 Å². The van der Waals surface area contributed by atoms with Gasteiger partial charge in [0.25, 0.3) is 0 Å². The Balaban J connectivity index is 2.32. The van der Waals surface area contributed by atoms with E-state index in [0.29, 0.717) is 0 Å². The first-order valence-corrected chi connectivity index (χ1v) is 2.23. The summed E-state index contributed by atoms with van der Waals surface area (Å²) >= 11 is 0. The number of rotatable bonds is 0. The Bertz CT molecular complexity index is 61.9. The van der Waals surface area contributed by atoms with Crippen LogP contribution in [0.2, 0.25) is 0 Å². The third-order valence-electron chi connectivity index (χ3n) is 1.00. The second-order valence-electron chi connectivity index (χ2n) is 1.69. The first-order valence-electron chi connectivity index (χ1n) is 2.23. The fourth-order valence-corrected chi connectivity index (χ4v) is 0.583. The van der Waals surface area contributed by atoms with Gasteiger partial charge in [0.15, 0.2) is 7.98 Å². The maximum Gasteiger partial charge on any atom is 0.186 e. The molecule has 0 saturated heterocycles. The van der Waals surface area contributed by atoms with Crippen molar-refractivity contribution in [2.45, 2.75) is 0 Å². The molecule has 0 amide bonds. The van der Waals surface area contributed by atoms with E-state index in [1.165, 1.54) is 0 Å². The van der Waals surface area contributed by atoms with Crippen LogP contribution in [0.3, 0.4) is 0 Å². The molecule has 1 aliphatic heterocycles. The van der Waals surface area contributed by atoms with Crippen LogP contribution in [-0.2, 0) is 0 Å². The van der Waals surface area contributed by atoms with E-state index < -0.39 is 0 Å². The van der Waals surface area contributed by atoms with E-state index >= 15 is 0 Å². The Labute approximate surface area is 39.1 Å². The van der Waals surface area contributed by atoms with Crippen LogP contribution in [0.15, 0.2) is 12.2 Å². The maximum absolute atomic E-state index is 2.25. The van der Waals surface area contributed by atoms with Crippen LogP contribution in [0.1, 0.15) is 0 Å². The third kappa shape index (κ3) is 0.629. The van der Waals surface area contributed by atoms with E-state index in [-0.39, 0.29) is 0 Å². The summed E-state index contributed by atoms with van der Waals surface area (Å²) in [6.45, 7) is 2.28. The maximum atomic E-state index is 2.25. The molecule has 0 atom stereocenters. The lowest BCUT2D eigenvalue weighted by Crippen LogP contribution is -2.14. The molecule has 1 nitrogen and oxygen atoms in total. The first kappa shape index (κ1) is 3.94. The minimum Gasteiger partial charge on any atom is -0.342 e. The third-order valence-corrected chi connectivity index (χ3v) is 1.00. The molecule has 0 aliphatic carbocycles. The van der Waals surface area contributed by atoms with Gasteiger partial charge in [-0.1, -0.05) is 12.2 Å². The van der Waals surface area contributed by atoms with E-state index in [0.717, 1.165) is 13.1 Å². The molecule has 6 heavy (non-hydrogen) atoms. The van der Waals surface area contributed by atoms with E-state index in [4.69, 9.17) is 0 Å². The predicted octanol–water partition coefficient (Wildman–Crippen LogP) is -0.594. The Kier molecular flexibility index (Phi) is 0.969. The molecule has 0 bridgehead atoms. The second-order valence-corrected chi connectivity index (χ2v) is 1.69. The lowest BCUT2D eigenvalue weighted by atomic mass is 10.3. The molecule has 0 aromatic heterocycles. The van der Waals surface area contributed by atoms with E-state index in [1.807, 2.05) is 0 Å². The van der Waals surface area contributed by atoms with Crippen molar-refractivity contribution in [2.75, 3.05) is 13.1 Å². The quantitative estimate of drug-likeness (QED) is 0.278. The normalized spacial score (nSPS) is 22.7. The summed E-state index contributed by atoms with van der Waals surface area (Å²) in [7, 11) is 2.11. The molecule has 0 N–H and O–H groups in total. The molecular weight excluding hydrogens is 72.9 g/mol. The van der Waals surface area contributed by atoms with Crippen molar-refractivity contribution >= 4 is 7.98 Å². The number of hydrogen-bond donors (Lipinski definition) is 0. The standard InChI is InChI=1S/C4H8BN/c5-6-3-1-2-4-6/h1-2H,3-5H2. The molecule has 1 rings (SSSR count). The Morgan fingerprint density at radius 1 is 1.33 bits per heavy atom. The number of nitrogens with zero attached hydrogens (tertiary/aromatic N) is 1. The van der Waals surface area contributed by atoms with Gasteiger partial charge in [-0.15, -0.1) is 0 Å². The number of hydrogen-bond acceptors (Lipinski definition) is 1. The van der Waals surface area contributed by atoms with Crippen molar-refractivity contribution in [3.63, 3.8) is 0 Å².